The first-order valence-corrected chi connectivity index (χ1v) is 6.23. The molecular formula is C15H15N3O. The van der Waals surface area contributed by atoms with Crippen LogP contribution in [0.25, 0.3) is 0 Å². The smallest absolute Gasteiger partial charge is 0.125 e. The Morgan fingerprint density at radius 3 is 2.68 bits per heavy atom. The van der Waals surface area contributed by atoms with Crippen LogP contribution in [-0.2, 0) is 6.54 Å². The van der Waals surface area contributed by atoms with Gasteiger partial charge in [-0.2, -0.15) is 5.10 Å². The number of aromatic nitrogens is 2. The fourth-order valence-corrected chi connectivity index (χ4v) is 2.08. The van der Waals surface area contributed by atoms with Crippen molar-refractivity contribution < 1.29 is 4.42 Å². The summed E-state index contributed by atoms with van der Waals surface area (Å²) in [5.74, 6) is 0.908. The Hall–Kier alpha value is -2.33. The second kappa shape index (κ2) is 5.54. The summed E-state index contributed by atoms with van der Waals surface area (Å²) in [6.07, 6.45) is 3.45. The topological polar surface area (TPSA) is 53.9 Å². The maximum Gasteiger partial charge on any atom is 0.125 e. The molecule has 0 aliphatic rings. The molecule has 2 heterocycles. The fraction of sp³-hybridized carbons (Fsp3) is 0.133. The van der Waals surface area contributed by atoms with Crippen LogP contribution in [-0.4, -0.2) is 10.2 Å². The van der Waals surface area contributed by atoms with E-state index in [2.05, 4.69) is 27.6 Å². The van der Waals surface area contributed by atoms with E-state index in [1.54, 1.807) is 12.5 Å². The van der Waals surface area contributed by atoms with E-state index in [0.29, 0.717) is 6.54 Å². The second-order valence-electron chi connectivity index (χ2n) is 4.32. The van der Waals surface area contributed by atoms with E-state index in [1.807, 2.05) is 36.4 Å². The van der Waals surface area contributed by atoms with Gasteiger partial charge in [-0.3, -0.25) is 10.4 Å². The zero-order valence-corrected chi connectivity index (χ0v) is 10.4. The summed E-state index contributed by atoms with van der Waals surface area (Å²) in [5, 5.41) is 10.4. The van der Waals surface area contributed by atoms with Crippen molar-refractivity contribution in [1.29, 1.82) is 0 Å². The highest BCUT2D eigenvalue weighted by molar-refractivity contribution is 5.26. The van der Waals surface area contributed by atoms with Crippen LogP contribution >= 0.6 is 0 Å². The van der Waals surface area contributed by atoms with Crippen molar-refractivity contribution >= 4 is 0 Å². The van der Waals surface area contributed by atoms with E-state index in [0.717, 1.165) is 11.5 Å². The van der Waals surface area contributed by atoms with Crippen LogP contribution in [0.3, 0.4) is 0 Å². The van der Waals surface area contributed by atoms with E-state index in [9.17, 15) is 0 Å². The molecule has 3 aromatic rings. The van der Waals surface area contributed by atoms with Crippen LogP contribution < -0.4 is 5.32 Å². The minimum Gasteiger partial charge on any atom is -0.467 e. The lowest BCUT2D eigenvalue weighted by Crippen LogP contribution is -2.21. The third kappa shape index (κ3) is 2.74. The van der Waals surface area contributed by atoms with Gasteiger partial charge in [-0.15, -0.1) is 0 Å². The maximum absolute atomic E-state index is 5.53. The fourth-order valence-electron chi connectivity index (χ4n) is 2.08. The third-order valence-electron chi connectivity index (χ3n) is 3.02. The van der Waals surface area contributed by atoms with Crippen LogP contribution in [0.1, 0.15) is 23.1 Å². The van der Waals surface area contributed by atoms with Gasteiger partial charge in [-0.1, -0.05) is 30.3 Å². The van der Waals surface area contributed by atoms with Gasteiger partial charge in [-0.25, -0.2) is 0 Å². The molecule has 1 unspecified atom stereocenters. The zero-order chi connectivity index (χ0) is 12.9. The van der Waals surface area contributed by atoms with Crippen molar-refractivity contribution in [3.63, 3.8) is 0 Å². The molecule has 3 rings (SSSR count). The highest BCUT2D eigenvalue weighted by Crippen LogP contribution is 2.22. The van der Waals surface area contributed by atoms with Crippen molar-refractivity contribution in [2.24, 2.45) is 0 Å². The van der Waals surface area contributed by atoms with Gasteiger partial charge >= 0.3 is 0 Å². The lowest BCUT2D eigenvalue weighted by Gasteiger charge is -2.16. The standard InChI is InChI=1S/C15H15N3O/c1-2-5-12(6-3-1)15(14-7-4-10-19-14)16-11-13-8-9-17-18-13/h1-10,15-16H,11H2,(H,17,18). The zero-order valence-electron chi connectivity index (χ0n) is 10.4. The van der Waals surface area contributed by atoms with Crippen LogP contribution in [0, 0.1) is 0 Å². The Labute approximate surface area is 111 Å². The summed E-state index contributed by atoms with van der Waals surface area (Å²) in [6, 6.07) is 16.1. The van der Waals surface area contributed by atoms with Gasteiger partial charge < -0.3 is 4.42 Å². The summed E-state index contributed by atoms with van der Waals surface area (Å²) < 4.78 is 5.53. The van der Waals surface area contributed by atoms with Gasteiger partial charge in [0.05, 0.1) is 12.3 Å². The molecule has 2 N–H and O–H groups in total. The van der Waals surface area contributed by atoms with Gasteiger partial charge in [-0.05, 0) is 23.8 Å². The molecule has 0 amide bonds. The molecular weight excluding hydrogens is 238 g/mol. The molecule has 0 bridgehead atoms. The van der Waals surface area contributed by atoms with Gasteiger partial charge in [0.2, 0.25) is 0 Å². The SMILES string of the molecule is c1ccc(C(NCc2ccn[nH]2)c2ccco2)cc1. The van der Waals surface area contributed by atoms with Crippen molar-refractivity contribution in [1.82, 2.24) is 15.5 Å². The van der Waals surface area contributed by atoms with E-state index in [-0.39, 0.29) is 6.04 Å². The van der Waals surface area contributed by atoms with Crippen molar-refractivity contribution in [2.45, 2.75) is 12.6 Å². The summed E-state index contributed by atoms with van der Waals surface area (Å²) >= 11 is 0. The molecule has 0 fully saturated rings. The molecule has 4 nitrogen and oxygen atoms in total. The maximum atomic E-state index is 5.53. The number of furan rings is 1. The second-order valence-corrected chi connectivity index (χ2v) is 4.32. The van der Waals surface area contributed by atoms with Gasteiger partial charge in [0.15, 0.2) is 0 Å². The van der Waals surface area contributed by atoms with Crippen molar-refractivity contribution in [2.75, 3.05) is 0 Å². The van der Waals surface area contributed by atoms with Gasteiger partial charge in [0.25, 0.3) is 0 Å². The number of hydrogen-bond acceptors (Lipinski definition) is 3. The van der Waals surface area contributed by atoms with Crippen LogP contribution in [0.4, 0.5) is 0 Å². The monoisotopic (exact) mass is 253 g/mol. The molecule has 0 radical (unpaired) electrons. The number of H-pyrrole nitrogens is 1. The summed E-state index contributed by atoms with van der Waals surface area (Å²) in [4.78, 5) is 0. The molecule has 0 spiro atoms. The first-order valence-electron chi connectivity index (χ1n) is 6.23. The number of rotatable bonds is 5. The van der Waals surface area contributed by atoms with Crippen LogP contribution in [0.5, 0.6) is 0 Å². The molecule has 19 heavy (non-hydrogen) atoms. The molecule has 2 aromatic heterocycles. The highest BCUT2D eigenvalue weighted by Gasteiger charge is 2.15. The Balaban J connectivity index is 1.81. The van der Waals surface area contributed by atoms with Gasteiger partial charge in [0, 0.05) is 18.4 Å². The largest absolute Gasteiger partial charge is 0.467 e. The Morgan fingerprint density at radius 2 is 2.00 bits per heavy atom. The minimum absolute atomic E-state index is 0.0412. The Morgan fingerprint density at radius 1 is 1.11 bits per heavy atom. The Bertz CT molecular complexity index is 588. The molecule has 0 aliphatic carbocycles. The van der Waals surface area contributed by atoms with E-state index < -0.39 is 0 Å². The molecule has 0 saturated heterocycles. The molecule has 96 valence electrons. The quantitative estimate of drug-likeness (QED) is 0.735. The normalized spacial score (nSPS) is 12.4. The lowest BCUT2D eigenvalue weighted by molar-refractivity contribution is 0.444. The molecule has 1 aromatic carbocycles. The number of aromatic amines is 1. The predicted octanol–water partition coefficient (Wildman–Crippen LogP) is 2.88. The summed E-state index contributed by atoms with van der Waals surface area (Å²) in [5.41, 5.74) is 2.23. The van der Waals surface area contributed by atoms with E-state index in [1.165, 1.54) is 5.56 Å². The van der Waals surface area contributed by atoms with Crippen molar-refractivity contribution in [3.05, 3.63) is 78.0 Å². The van der Waals surface area contributed by atoms with Crippen LogP contribution in [0.2, 0.25) is 0 Å². The number of hydrogen-bond donors (Lipinski definition) is 2. The number of benzene rings is 1. The first kappa shape index (κ1) is 11.7. The first-order chi connectivity index (χ1) is 9.43. The minimum atomic E-state index is 0.0412. The summed E-state index contributed by atoms with van der Waals surface area (Å²) in [7, 11) is 0. The van der Waals surface area contributed by atoms with Gasteiger partial charge in [0.1, 0.15) is 5.76 Å². The number of nitrogens with one attached hydrogen (secondary N) is 2. The number of nitrogens with zero attached hydrogens (tertiary/aromatic N) is 1. The average Bonchev–Trinajstić information content (AvgIpc) is 3.13. The van der Waals surface area contributed by atoms with E-state index in [4.69, 9.17) is 4.42 Å². The van der Waals surface area contributed by atoms with Crippen molar-refractivity contribution in [3.8, 4) is 0 Å². The average molecular weight is 253 g/mol. The molecule has 0 aliphatic heterocycles. The lowest BCUT2D eigenvalue weighted by atomic mass is 10.0. The third-order valence-corrected chi connectivity index (χ3v) is 3.02. The summed E-state index contributed by atoms with van der Waals surface area (Å²) in [6.45, 7) is 0.709. The molecule has 4 heteroatoms. The Kier molecular flexibility index (Phi) is 3.42. The molecule has 1 atom stereocenters. The molecule has 0 saturated carbocycles. The van der Waals surface area contributed by atoms with Crippen LogP contribution in [0.15, 0.2) is 65.4 Å². The predicted molar refractivity (Wildman–Crippen MR) is 72.4 cm³/mol. The highest BCUT2D eigenvalue weighted by atomic mass is 16.3. The van der Waals surface area contributed by atoms with E-state index >= 15 is 0 Å².